The van der Waals surface area contributed by atoms with E-state index in [0.29, 0.717) is 18.1 Å². The minimum Gasteiger partial charge on any atom is -0.301 e. The second-order valence-electron chi connectivity index (χ2n) is 7.95. The van der Waals surface area contributed by atoms with Crippen LogP contribution in [0, 0.1) is 16.7 Å². The summed E-state index contributed by atoms with van der Waals surface area (Å²) >= 11 is 1.36. The van der Waals surface area contributed by atoms with Crippen LogP contribution in [-0.4, -0.2) is 39.4 Å². The molecule has 2 unspecified atom stereocenters. The second kappa shape index (κ2) is 6.72. The van der Waals surface area contributed by atoms with Crippen molar-refractivity contribution in [2.45, 2.75) is 59.8 Å². The van der Waals surface area contributed by atoms with Crippen molar-refractivity contribution in [3.8, 4) is 0 Å². The smallest absolute Gasteiger partial charge is 0.235 e. The highest BCUT2D eigenvalue weighted by Crippen LogP contribution is 2.60. The molecule has 2 fully saturated rings. The Hall–Kier alpha value is -1.83. The minimum atomic E-state index is -0.489. The molecule has 1 saturated heterocycles. The summed E-state index contributed by atoms with van der Waals surface area (Å²) in [5.74, 6) is -0.437. The second-order valence-corrected chi connectivity index (χ2v) is 9.01. The van der Waals surface area contributed by atoms with E-state index in [1.54, 1.807) is 0 Å². The monoisotopic (exact) mass is 378 g/mol. The lowest BCUT2D eigenvalue weighted by atomic mass is 9.62. The summed E-state index contributed by atoms with van der Waals surface area (Å²) in [7, 11) is 0. The Bertz CT molecular complexity index is 745. The van der Waals surface area contributed by atoms with Gasteiger partial charge in [0.25, 0.3) is 0 Å². The Morgan fingerprint density at radius 3 is 2.69 bits per heavy atom. The molecule has 0 spiro atoms. The van der Waals surface area contributed by atoms with Crippen molar-refractivity contribution < 1.29 is 14.4 Å². The fourth-order valence-corrected chi connectivity index (χ4v) is 4.84. The number of hydrogen-bond donors (Lipinski definition) is 1. The molecule has 1 N–H and O–H groups in total. The van der Waals surface area contributed by atoms with Gasteiger partial charge >= 0.3 is 0 Å². The molecule has 2 atom stereocenters. The van der Waals surface area contributed by atoms with Gasteiger partial charge < -0.3 is 5.32 Å². The molecule has 26 heavy (non-hydrogen) atoms. The van der Waals surface area contributed by atoms with Crippen LogP contribution in [-0.2, 0) is 20.8 Å². The average molecular weight is 378 g/mol. The molecule has 1 saturated carbocycles. The average Bonchev–Trinajstić information content (AvgIpc) is 3.10. The number of nitrogens with one attached hydrogen (secondary N) is 1. The predicted octanol–water partition coefficient (Wildman–Crippen LogP) is 2.63. The van der Waals surface area contributed by atoms with Gasteiger partial charge in [-0.3, -0.25) is 19.3 Å². The summed E-state index contributed by atoms with van der Waals surface area (Å²) in [6, 6.07) is 0. The number of anilines is 1. The number of nitrogens with zero attached hydrogens (tertiary/aromatic N) is 3. The van der Waals surface area contributed by atoms with Crippen LogP contribution in [0.1, 0.15) is 58.4 Å². The number of hydrogen-bond acceptors (Lipinski definition) is 6. The van der Waals surface area contributed by atoms with E-state index in [2.05, 4.69) is 15.5 Å². The number of amides is 3. The largest absolute Gasteiger partial charge is 0.301 e. The van der Waals surface area contributed by atoms with E-state index in [-0.39, 0.29) is 35.5 Å². The number of fused-ring (bicyclic) bond motifs is 2. The van der Waals surface area contributed by atoms with Gasteiger partial charge in [0.2, 0.25) is 22.9 Å². The van der Waals surface area contributed by atoms with Crippen LogP contribution < -0.4 is 5.32 Å². The zero-order chi connectivity index (χ0) is 19.1. The standard InChI is InChI=1S/C18H26N4O3S/c1-5-13-20-21-16(26-13)19-12(23)7-6-10-22-14(24)11-8-9-18(4,15(22)25)17(11,2)3/h11H,5-10H2,1-4H3,(H,19,21,23). The number of carbonyl (C=O) groups is 3. The van der Waals surface area contributed by atoms with Crippen LogP contribution in [0.5, 0.6) is 0 Å². The van der Waals surface area contributed by atoms with Gasteiger partial charge in [-0.15, -0.1) is 10.2 Å². The van der Waals surface area contributed by atoms with Crippen molar-refractivity contribution in [3.63, 3.8) is 0 Å². The molecule has 3 amide bonds. The SMILES string of the molecule is CCc1nnc(NC(=O)CCCN2C(=O)C3CCC(C)(C2=O)C3(C)C)s1. The molecule has 0 radical (unpaired) electrons. The first-order valence-electron chi connectivity index (χ1n) is 9.18. The summed E-state index contributed by atoms with van der Waals surface area (Å²) in [5.41, 5.74) is -0.791. The third-order valence-electron chi connectivity index (χ3n) is 6.31. The van der Waals surface area contributed by atoms with Gasteiger partial charge in [-0.2, -0.15) is 0 Å². The molecule has 1 aliphatic heterocycles. The molecule has 1 aliphatic carbocycles. The van der Waals surface area contributed by atoms with Crippen LogP contribution in [0.15, 0.2) is 0 Å². The molecule has 2 heterocycles. The Labute approximate surface area is 157 Å². The molecular formula is C18H26N4O3S. The molecule has 1 aromatic rings. The van der Waals surface area contributed by atoms with Crippen LogP contribution in [0.4, 0.5) is 5.13 Å². The Balaban J connectivity index is 1.56. The summed E-state index contributed by atoms with van der Waals surface area (Å²) in [6.45, 7) is 8.30. The van der Waals surface area contributed by atoms with Crippen molar-refractivity contribution in [2.75, 3.05) is 11.9 Å². The van der Waals surface area contributed by atoms with E-state index in [1.807, 2.05) is 27.7 Å². The Kier molecular flexibility index (Phi) is 4.90. The van der Waals surface area contributed by atoms with Gasteiger partial charge in [-0.25, -0.2) is 0 Å². The maximum atomic E-state index is 12.9. The molecule has 8 heteroatoms. The van der Waals surface area contributed by atoms with Gasteiger partial charge in [-0.05, 0) is 31.1 Å². The normalized spacial score (nSPS) is 27.1. The molecule has 0 aromatic carbocycles. The van der Waals surface area contributed by atoms with Gasteiger partial charge in [0.1, 0.15) is 5.01 Å². The van der Waals surface area contributed by atoms with Gasteiger partial charge in [0, 0.05) is 18.9 Å². The quantitative estimate of drug-likeness (QED) is 0.768. The number of piperidine rings is 1. The fraction of sp³-hybridized carbons (Fsp3) is 0.722. The Morgan fingerprint density at radius 1 is 1.31 bits per heavy atom. The summed E-state index contributed by atoms with van der Waals surface area (Å²) in [6.07, 6.45) is 2.99. The van der Waals surface area contributed by atoms with Crippen LogP contribution in [0.3, 0.4) is 0 Å². The topological polar surface area (TPSA) is 92.3 Å². The summed E-state index contributed by atoms with van der Waals surface area (Å²) < 4.78 is 0. The molecule has 2 bridgehead atoms. The van der Waals surface area contributed by atoms with E-state index in [1.165, 1.54) is 16.2 Å². The lowest BCUT2D eigenvalue weighted by molar-refractivity contribution is -0.168. The Morgan fingerprint density at radius 2 is 2.04 bits per heavy atom. The minimum absolute atomic E-state index is 0.0768. The maximum absolute atomic E-state index is 12.9. The van der Waals surface area contributed by atoms with Crippen molar-refractivity contribution in [1.29, 1.82) is 0 Å². The number of carbonyl (C=O) groups excluding carboxylic acids is 3. The van der Waals surface area contributed by atoms with Crippen molar-refractivity contribution in [1.82, 2.24) is 15.1 Å². The number of imide groups is 1. The number of aromatic nitrogens is 2. The zero-order valence-electron chi connectivity index (χ0n) is 15.8. The van der Waals surface area contributed by atoms with E-state index in [4.69, 9.17) is 0 Å². The molecular weight excluding hydrogens is 352 g/mol. The lowest BCUT2D eigenvalue weighted by Gasteiger charge is -2.47. The van der Waals surface area contributed by atoms with Crippen LogP contribution in [0.2, 0.25) is 0 Å². The number of aryl methyl sites for hydroxylation is 1. The third kappa shape index (κ3) is 2.94. The first-order chi connectivity index (χ1) is 12.2. The molecule has 1 aromatic heterocycles. The van der Waals surface area contributed by atoms with Crippen molar-refractivity contribution in [2.24, 2.45) is 16.7 Å². The molecule has 7 nitrogen and oxygen atoms in total. The van der Waals surface area contributed by atoms with Crippen molar-refractivity contribution >= 4 is 34.2 Å². The number of rotatable bonds is 6. The first kappa shape index (κ1) is 18.9. The van der Waals surface area contributed by atoms with Gasteiger partial charge in [-0.1, -0.05) is 39.0 Å². The maximum Gasteiger partial charge on any atom is 0.235 e. The molecule has 3 rings (SSSR count). The highest BCUT2D eigenvalue weighted by Gasteiger charge is 2.64. The highest BCUT2D eigenvalue weighted by molar-refractivity contribution is 7.15. The van der Waals surface area contributed by atoms with Gasteiger partial charge in [0.05, 0.1) is 5.41 Å². The zero-order valence-corrected chi connectivity index (χ0v) is 16.6. The van der Waals surface area contributed by atoms with Crippen LogP contribution in [0.25, 0.3) is 0 Å². The summed E-state index contributed by atoms with van der Waals surface area (Å²) in [4.78, 5) is 39.1. The fourth-order valence-electron chi connectivity index (χ4n) is 4.14. The van der Waals surface area contributed by atoms with Crippen LogP contribution >= 0.6 is 11.3 Å². The van der Waals surface area contributed by atoms with Crippen molar-refractivity contribution in [3.05, 3.63) is 5.01 Å². The van der Waals surface area contributed by atoms with E-state index < -0.39 is 5.41 Å². The number of likely N-dealkylation sites (tertiary alicyclic amines) is 1. The first-order valence-corrected chi connectivity index (χ1v) is 10.0. The molecule has 142 valence electrons. The van der Waals surface area contributed by atoms with E-state index in [9.17, 15) is 14.4 Å². The van der Waals surface area contributed by atoms with E-state index in [0.717, 1.165) is 24.3 Å². The lowest BCUT2D eigenvalue weighted by Crippen LogP contribution is -2.59. The highest BCUT2D eigenvalue weighted by atomic mass is 32.1. The molecule has 2 aliphatic rings. The van der Waals surface area contributed by atoms with Gasteiger partial charge in [0.15, 0.2) is 0 Å². The predicted molar refractivity (Wildman–Crippen MR) is 98.5 cm³/mol. The summed E-state index contributed by atoms with van der Waals surface area (Å²) in [5, 5.41) is 12.0. The van der Waals surface area contributed by atoms with E-state index >= 15 is 0 Å². The third-order valence-corrected chi connectivity index (χ3v) is 7.29.